The van der Waals surface area contributed by atoms with Crippen molar-refractivity contribution in [1.82, 2.24) is 0 Å². The van der Waals surface area contributed by atoms with Gasteiger partial charge in [0.15, 0.2) is 0 Å². The van der Waals surface area contributed by atoms with Gasteiger partial charge in [0.05, 0.1) is 23.8 Å². The van der Waals surface area contributed by atoms with Gasteiger partial charge in [-0.05, 0) is 19.8 Å². The van der Waals surface area contributed by atoms with Crippen molar-refractivity contribution in [2.75, 3.05) is 6.26 Å². The Kier molecular flexibility index (Phi) is 2.15. The molecule has 0 radical (unpaired) electrons. The average Bonchev–Trinajstić information content (AvgIpc) is 1.81. The van der Waals surface area contributed by atoms with Crippen molar-refractivity contribution < 1.29 is 12.6 Å². The van der Waals surface area contributed by atoms with Gasteiger partial charge in [0, 0.05) is 0 Å². The maximum absolute atomic E-state index is 10.6. The second-order valence-electron chi connectivity index (χ2n) is 3.50. The van der Waals surface area contributed by atoms with E-state index < -0.39 is 10.1 Å². The molecule has 0 saturated heterocycles. The molecule has 1 saturated carbocycles. The van der Waals surface area contributed by atoms with Gasteiger partial charge in [0.2, 0.25) is 0 Å². The van der Waals surface area contributed by atoms with Crippen LogP contribution in [0.2, 0.25) is 0 Å². The fourth-order valence-electron chi connectivity index (χ4n) is 1.35. The lowest BCUT2D eigenvalue weighted by molar-refractivity contribution is 0.0402. The Balaban J connectivity index is 2.43. The molecule has 1 rings (SSSR count). The Hall–Kier alpha value is -0.600. The Bertz CT molecular complexity index is 308. The highest BCUT2D eigenvalue weighted by Crippen LogP contribution is 2.42. The molecule has 0 atom stereocenters. The lowest BCUT2D eigenvalue weighted by atomic mass is 9.70. The highest BCUT2D eigenvalue weighted by molar-refractivity contribution is 7.86. The van der Waals surface area contributed by atoms with Gasteiger partial charge in [-0.1, -0.05) is 0 Å². The molecule has 1 aliphatic rings. The van der Waals surface area contributed by atoms with Crippen molar-refractivity contribution >= 4 is 10.1 Å². The molecule has 1 aliphatic carbocycles. The standard InChI is InChI=1S/C7H11NO3S/c1-7(5-8)3-6(4-7)11-12(2,9)10/h6H,3-4H2,1-2H3. The van der Waals surface area contributed by atoms with Crippen LogP contribution in [0.3, 0.4) is 0 Å². The summed E-state index contributed by atoms with van der Waals surface area (Å²) in [5.74, 6) is 0. The van der Waals surface area contributed by atoms with Crippen LogP contribution in [-0.2, 0) is 14.3 Å². The maximum atomic E-state index is 10.6. The fourth-order valence-corrected chi connectivity index (χ4v) is 1.98. The molecule has 0 aromatic carbocycles. The minimum absolute atomic E-state index is 0.287. The zero-order valence-electron chi connectivity index (χ0n) is 7.07. The van der Waals surface area contributed by atoms with E-state index in [1.165, 1.54) is 0 Å². The first kappa shape index (κ1) is 9.49. The van der Waals surface area contributed by atoms with Gasteiger partial charge >= 0.3 is 0 Å². The summed E-state index contributed by atoms with van der Waals surface area (Å²) in [4.78, 5) is 0. The van der Waals surface area contributed by atoms with Crippen LogP contribution < -0.4 is 0 Å². The van der Waals surface area contributed by atoms with E-state index in [0.717, 1.165) is 6.26 Å². The van der Waals surface area contributed by atoms with Crippen molar-refractivity contribution in [2.45, 2.75) is 25.9 Å². The first-order valence-electron chi connectivity index (χ1n) is 3.64. The third-order valence-electron chi connectivity index (χ3n) is 1.94. The second-order valence-corrected chi connectivity index (χ2v) is 5.10. The van der Waals surface area contributed by atoms with Gasteiger partial charge in [-0.25, -0.2) is 0 Å². The Morgan fingerprint density at radius 3 is 2.42 bits per heavy atom. The molecule has 68 valence electrons. The minimum Gasteiger partial charge on any atom is -0.267 e. The summed E-state index contributed by atoms with van der Waals surface area (Å²) in [5, 5.41) is 8.61. The van der Waals surface area contributed by atoms with E-state index in [4.69, 9.17) is 9.44 Å². The summed E-state index contributed by atoms with van der Waals surface area (Å²) < 4.78 is 25.9. The van der Waals surface area contributed by atoms with Crippen LogP contribution >= 0.6 is 0 Å². The van der Waals surface area contributed by atoms with Crippen LogP contribution in [0.5, 0.6) is 0 Å². The Morgan fingerprint density at radius 1 is 1.58 bits per heavy atom. The predicted octanol–water partition coefficient (Wildman–Crippen LogP) is 0.655. The molecular formula is C7H11NO3S. The zero-order valence-corrected chi connectivity index (χ0v) is 7.89. The van der Waals surface area contributed by atoms with Gasteiger partial charge in [-0.2, -0.15) is 13.7 Å². The average molecular weight is 189 g/mol. The van der Waals surface area contributed by atoms with E-state index >= 15 is 0 Å². The molecule has 0 aliphatic heterocycles. The third kappa shape index (κ3) is 2.19. The summed E-state index contributed by atoms with van der Waals surface area (Å²) >= 11 is 0. The number of hydrogen-bond donors (Lipinski definition) is 0. The highest BCUT2D eigenvalue weighted by atomic mass is 32.2. The lowest BCUT2D eigenvalue weighted by Crippen LogP contribution is -2.40. The molecule has 4 nitrogen and oxygen atoms in total. The second kappa shape index (κ2) is 2.71. The van der Waals surface area contributed by atoms with Crippen LogP contribution in [-0.4, -0.2) is 20.8 Å². The molecule has 0 spiro atoms. The van der Waals surface area contributed by atoms with Gasteiger partial charge in [0.25, 0.3) is 10.1 Å². The molecule has 1 fully saturated rings. The molecule has 12 heavy (non-hydrogen) atoms. The normalized spacial score (nSPS) is 35.2. The molecule has 0 heterocycles. The largest absolute Gasteiger partial charge is 0.267 e. The van der Waals surface area contributed by atoms with Crippen molar-refractivity contribution in [3.8, 4) is 6.07 Å². The number of nitriles is 1. The summed E-state index contributed by atoms with van der Waals surface area (Å²) in [7, 11) is -3.35. The molecule has 0 amide bonds. The third-order valence-corrected chi connectivity index (χ3v) is 2.56. The van der Waals surface area contributed by atoms with Crippen molar-refractivity contribution in [3.63, 3.8) is 0 Å². The zero-order chi connectivity index (χ0) is 9.41. The number of hydrogen-bond acceptors (Lipinski definition) is 4. The quantitative estimate of drug-likeness (QED) is 0.598. The first-order chi connectivity index (χ1) is 5.35. The maximum Gasteiger partial charge on any atom is 0.264 e. The van der Waals surface area contributed by atoms with Crippen LogP contribution in [0.15, 0.2) is 0 Å². The van der Waals surface area contributed by atoms with E-state index in [0.29, 0.717) is 12.8 Å². The molecular weight excluding hydrogens is 178 g/mol. The SMILES string of the molecule is CC1(C#N)CC(OS(C)(=O)=O)C1. The van der Waals surface area contributed by atoms with Crippen LogP contribution in [0, 0.1) is 16.7 Å². The topological polar surface area (TPSA) is 67.2 Å². The summed E-state index contributed by atoms with van der Waals surface area (Å²) in [5.41, 5.74) is -0.380. The summed E-state index contributed by atoms with van der Waals surface area (Å²) in [6.45, 7) is 1.80. The minimum atomic E-state index is -3.35. The Labute approximate surface area is 72.3 Å². The van der Waals surface area contributed by atoms with E-state index in [-0.39, 0.29) is 11.5 Å². The molecule has 0 unspecified atom stereocenters. The van der Waals surface area contributed by atoms with E-state index in [9.17, 15) is 8.42 Å². The lowest BCUT2D eigenvalue weighted by Gasteiger charge is -2.38. The molecule has 0 bridgehead atoms. The van der Waals surface area contributed by atoms with Crippen molar-refractivity contribution in [3.05, 3.63) is 0 Å². The highest BCUT2D eigenvalue weighted by Gasteiger charge is 2.42. The van der Waals surface area contributed by atoms with Crippen LogP contribution in [0.1, 0.15) is 19.8 Å². The van der Waals surface area contributed by atoms with E-state index in [1.807, 2.05) is 0 Å². The van der Waals surface area contributed by atoms with Gasteiger partial charge in [-0.15, -0.1) is 0 Å². The van der Waals surface area contributed by atoms with Crippen molar-refractivity contribution in [1.29, 1.82) is 5.26 Å². The predicted molar refractivity (Wildman–Crippen MR) is 42.7 cm³/mol. The molecule has 5 heteroatoms. The van der Waals surface area contributed by atoms with E-state index in [1.54, 1.807) is 6.92 Å². The van der Waals surface area contributed by atoms with Gasteiger partial charge < -0.3 is 0 Å². The number of rotatable bonds is 2. The van der Waals surface area contributed by atoms with Crippen LogP contribution in [0.25, 0.3) is 0 Å². The summed E-state index contributed by atoms with van der Waals surface area (Å²) in [6, 6.07) is 2.12. The fraction of sp³-hybridized carbons (Fsp3) is 0.857. The van der Waals surface area contributed by atoms with Gasteiger partial charge in [0.1, 0.15) is 0 Å². The summed E-state index contributed by atoms with van der Waals surface area (Å²) in [6.07, 6.45) is 1.76. The molecule has 0 N–H and O–H groups in total. The van der Waals surface area contributed by atoms with E-state index in [2.05, 4.69) is 6.07 Å². The Morgan fingerprint density at radius 2 is 2.08 bits per heavy atom. The van der Waals surface area contributed by atoms with Crippen molar-refractivity contribution in [2.24, 2.45) is 5.41 Å². The van der Waals surface area contributed by atoms with Gasteiger partial charge in [-0.3, -0.25) is 4.18 Å². The molecule has 0 aromatic heterocycles. The molecule has 0 aromatic rings. The first-order valence-corrected chi connectivity index (χ1v) is 5.46. The smallest absolute Gasteiger partial charge is 0.264 e. The number of nitrogens with zero attached hydrogens (tertiary/aromatic N) is 1. The monoisotopic (exact) mass is 189 g/mol. The van der Waals surface area contributed by atoms with Crippen LogP contribution in [0.4, 0.5) is 0 Å².